The molecule has 27 heavy (non-hydrogen) atoms. The summed E-state index contributed by atoms with van der Waals surface area (Å²) in [4.78, 5) is 23.2. The molecule has 2 aliphatic rings. The summed E-state index contributed by atoms with van der Waals surface area (Å²) >= 11 is 0. The Hall–Kier alpha value is -1.10. The van der Waals surface area contributed by atoms with E-state index in [9.17, 15) is 9.59 Å². The van der Waals surface area contributed by atoms with Crippen LogP contribution in [0.1, 0.15) is 78.1 Å². The Bertz CT molecular complexity index is 394. The van der Waals surface area contributed by atoms with Gasteiger partial charge in [0.2, 0.25) is 0 Å². The number of carbonyl (C=O) groups is 2. The number of hydrogen-bond acceptors (Lipinski definition) is 5. The van der Waals surface area contributed by atoms with Crippen molar-refractivity contribution in [3.63, 3.8) is 0 Å². The molecule has 0 N–H and O–H groups in total. The van der Waals surface area contributed by atoms with Crippen molar-refractivity contribution in [3.05, 3.63) is 0 Å². The summed E-state index contributed by atoms with van der Waals surface area (Å²) in [6, 6.07) is 0. The summed E-state index contributed by atoms with van der Waals surface area (Å²) in [5.74, 6) is 2.18. The molecule has 0 saturated heterocycles. The highest BCUT2D eigenvalue weighted by Crippen LogP contribution is 2.33. The minimum absolute atomic E-state index is 0.0456. The van der Waals surface area contributed by atoms with Gasteiger partial charge < -0.3 is 14.2 Å². The first-order valence-electron chi connectivity index (χ1n) is 11.0. The van der Waals surface area contributed by atoms with Crippen LogP contribution in [0.15, 0.2) is 0 Å². The second-order valence-corrected chi connectivity index (χ2v) is 8.33. The zero-order valence-corrected chi connectivity index (χ0v) is 17.3. The number of esters is 2. The molecule has 0 spiro atoms. The van der Waals surface area contributed by atoms with Gasteiger partial charge in [-0.25, -0.2) is 0 Å². The summed E-state index contributed by atoms with van der Waals surface area (Å²) in [6.07, 6.45) is 10.3. The van der Waals surface area contributed by atoms with E-state index in [-0.39, 0.29) is 11.9 Å². The van der Waals surface area contributed by atoms with Gasteiger partial charge in [0.25, 0.3) is 0 Å². The maximum atomic E-state index is 11.6. The molecule has 5 nitrogen and oxygen atoms in total. The van der Waals surface area contributed by atoms with Crippen LogP contribution in [0.2, 0.25) is 0 Å². The molecule has 0 aromatic heterocycles. The Morgan fingerprint density at radius 2 is 0.963 bits per heavy atom. The maximum absolute atomic E-state index is 11.6. The van der Waals surface area contributed by atoms with E-state index in [0.717, 1.165) is 64.6 Å². The highest BCUT2D eigenvalue weighted by molar-refractivity contribution is 5.69. The van der Waals surface area contributed by atoms with Gasteiger partial charge in [-0.3, -0.25) is 9.59 Å². The molecule has 2 rings (SSSR count). The van der Waals surface area contributed by atoms with Gasteiger partial charge in [-0.15, -0.1) is 0 Å². The second kappa shape index (κ2) is 12.4. The standard InChI is InChI=1S/C22H38O5/c1-3-26-21(23)13-17-5-9-19(10-6-17)15-25-16-20-11-7-18(8-12-20)14-22(24)27-4-2/h17-20H,3-16H2,1-2H3. The van der Waals surface area contributed by atoms with Gasteiger partial charge in [0.05, 0.1) is 13.2 Å². The zero-order chi connectivity index (χ0) is 19.5. The Morgan fingerprint density at radius 1 is 0.630 bits per heavy atom. The van der Waals surface area contributed by atoms with Crippen LogP contribution in [-0.4, -0.2) is 38.4 Å². The summed E-state index contributed by atoms with van der Waals surface area (Å²) in [5, 5.41) is 0. The highest BCUT2D eigenvalue weighted by Gasteiger charge is 2.26. The number of hydrogen-bond donors (Lipinski definition) is 0. The minimum atomic E-state index is -0.0456. The lowest BCUT2D eigenvalue weighted by molar-refractivity contribution is -0.145. The van der Waals surface area contributed by atoms with Crippen LogP contribution in [-0.2, 0) is 23.8 Å². The normalized spacial score (nSPS) is 28.5. The van der Waals surface area contributed by atoms with E-state index < -0.39 is 0 Å². The van der Waals surface area contributed by atoms with Crippen LogP contribution in [0.4, 0.5) is 0 Å². The molecule has 2 aliphatic carbocycles. The molecule has 0 aromatic rings. The van der Waals surface area contributed by atoms with Crippen LogP contribution in [0.5, 0.6) is 0 Å². The van der Waals surface area contributed by atoms with Crippen LogP contribution >= 0.6 is 0 Å². The van der Waals surface area contributed by atoms with Crippen molar-refractivity contribution in [1.29, 1.82) is 0 Å². The Kier molecular flexibility index (Phi) is 10.2. The fraction of sp³-hybridized carbons (Fsp3) is 0.909. The minimum Gasteiger partial charge on any atom is -0.466 e. The van der Waals surface area contributed by atoms with Gasteiger partial charge in [-0.2, -0.15) is 0 Å². The van der Waals surface area contributed by atoms with E-state index in [1.165, 1.54) is 0 Å². The van der Waals surface area contributed by atoms with Gasteiger partial charge in [0.1, 0.15) is 0 Å². The lowest BCUT2D eigenvalue weighted by Gasteiger charge is -2.30. The van der Waals surface area contributed by atoms with E-state index in [2.05, 4.69) is 0 Å². The third-order valence-corrected chi connectivity index (χ3v) is 6.16. The number of carbonyl (C=O) groups excluding carboxylic acids is 2. The first kappa shape index (κ1) is 22.2. The van der Waals surface area contributed by atoms with E-state index >= 15 is 0 Å². The van der Waals surface area contributed by atoms with Crippen LogP contribution in [0, 0.1) is 23.7 Å². The summed E-state index contributed by atoms with van der Waals surface area (Å²) < 4.78 is 16.1. The Labute approximate surface area is 164 Å². The van der Waals surface area contributed by atoms with E-state index in [1.54, 1.807) is 0 Å². The lowest BCUT2D eigenvalue weighted by atomic mass is 9.80. The predicted octanol–water partition coefficient (Wildman–Crippen LogP) is 4.52. The molecule has 0 amide bonds. The van der Waals surface area contributed by atoms with Crippen molar-refractivity contribution < 1.29 is 23.8 Å². The average molecular weight is 383 g/mol. The first-order chi connectivity index (χ1) is 13.1. The van der Waals surface area contributed by atoms with Crippen molar-refractivity contribution in [1.82, 2.24) is 0 Å². The molecular weight excluding hydrogens is 344 g/mol. The number of ether oxygens (including phenoxy) is 3. The molecule has 0 unspecified atom stereocenters. The molecule has 5 heteroatoms. The molecule has 2 fully saturated rings. The monoisotopic (exact) mass is 382 g/mol. The summed E-state index contributed by atoms with van der Waals surface area (Å²) in [6.45, 7) is 6.39. The highest BCUT2D eigenvalue weighted by atomic mass is 16.5. The fourth-order valence-corrected chi connectivity index (χ4v) is 4.52. The van der Waals surface area contributed by atoms with Crippen LogP contribution in [0.3, 0.4) is 0 Å². The smallest absolute Gasteiger partial charge is 0.306 e. The van der Waals surface area contributed by atoms with Crippen molar-refractivity contribution in [3.8, 4) is 0 Å². The third-order valence-electron chi connectivity index (χ3n) is 6.16. The Balaban J connectivity index is 1.51. The van der Waals surface area contributed by atoms with E-state index in [1.807, 2.05) is 13.8 Å². The molecule has 2 saturated carbocycles. The fourth-order valence-electron chi connectivity index (χ4n) is 4.52. The molecule has 156 valence electrons. The van der Waals surface area contributed by atoms with Gasteiger partial charge in [-0.1, -0.05) is 0 Å². The van der Waals surface area contributed by atoms with Crippen LogP contribution in [0.25, 0.3) is 0 Å². The first-order valence-corrected chi connectivity index (χ1v) is 11.0. The molecule has 0 bridgehead atoms. The van der Waals surface area contributed by atoms with Crippen molar-refractivity contribution in [2.75, 3.05) is 26.4 Å². The van der Waals surface area contributed by atoms with Crippen molar-refractivity contribution in [2.24, 2.45) is 23.7 Å². The van der Waals surface area contributed by atoms with Gasteiger partial charge in [0, 0.05) is 26.1 Å². The quantitative estimate of drug-likeness (QED) is 0.520. The van der Waals surface area contributed by atoms with Crippen molar-refractivity contribution in [2.45, 2.75) is 78.1 Å². The number of rotatable bonds is 10. The molecule has 0 aliphatic heterocycles. The van der Waals surface area contributed by atoms with Crippen LogP contribution < -0.4 is 0 Å². The molecule has 0 atom stereocenters. The summed E-state index contributed by atoms with van der Waals surface area (Å²) in [7, 11) is 0. The van der Waals surface area contributed by atoms with E-state index in [0.29, 0.717) is 49.7 Å². The average Bonchev–Trinajstić information content (AvgIpc) is 2.65. The molecule has 0 aromatic carbocycles. The van der Waals surface area contributed by atoms with Gasteiger partial charge >= 0.3 is 11.9 Å². The maximum Gasteiger partial charge on any atom is 0.306 e. The van der Waals surface area contributed by atoms with Gasteiger partial charge in [-0.05, 0) is 88.9 Å². The Morgan fingerprint density at radius 3 is 1.30 bits per heavy atom. The molecular formula is C22H38O5. The SMILES string of the molecule is CCOC(=O)CC1CCC(COCC2CCC(CC(=O)OCC)CC2)CC1. The molecule has 0 heterocycles. The molecule has 0 radical (unpaired) electrons. The zero-order valence-electron chi connectivity index (χ0n) is 17.3. The largest absolute Gasteiger partial charge is 0.466 e. The lowest BCUT2D eigenvalue weighted by Crippen LogP contribution is -2.24. The predicted molar refractivity (Wildman–Crippen MR) is 104 cm³/mol. The second-order valence-electron chi connectivity index (χ2n) is 8.33. The van der Waals surface area contributed by atoms with E-state index in [4.69, 9.17) is 14.2 Å². The van der Waals surface area contributed by atoms with Crippen molar-refractivity contribution >= 4 is 11.9 Å². The summed E-state index contributed by atoms with van der Waals surface area (Å²) in [5.41, 5.74) is 0. The van der Waals surface area contributed by atoms with Gasteiger partial charge in [0.15, 0.2) is 0 Å². The topological polar surface area (TPSA) is 61.8 Å². The third kappa shape index (κ3) is 8.63.